The zero-order valence-electron chi connectivity index (χ0n) is 9.46. The van der Waals surface area contributed by atoms with Crippen molar-refractivity contribution in [2.45, 2.75) is 32.7 Å². The molecule has 82 valence electrons. The fourth-order valence-corrected chi connectivity index (χ4v) is 2.19. The van der Waals surface area contributed by atoms with Crippen LogP contribution in [0, 0.1) is 5.92 Å². The average Bonchev–Trinajstić information content (AvgIpc) is 2.57. The van der Waals surface area contributed by atoms with E-state index in [1.807, 2.05) is 6.07 Å². The summed E-state index contributed by atoms with van der Waals surface area (Å²) < 4.78 is 0. The van der Waals surface area contributed by atoms with Gasteiger partial charge in [-0.1, -0.05) is 19.9 Å². The van der Waals surface area contributed by atoms with Crippen molar-refractivity contribution in [2.24, 2.45) is 5.92 Å². The molecule has 2 N–H and O–H groups in total. The normalized spacial score (nSPS) is 19.5. The van der Waals surface area contributed by atoms with Crippen molar-refractivity contribution in [1.82, 2.24) is 5.32 Å². The van der Waals surface area contributed by atoms with Crippen molar-refractivity contribution in [3.8, 4) is 5.75 Å². The summed E-state index contributed by atoms with van der Waals surface area (Å²) in [6.45, 7) is 5.50. The Morgan fingerprint density at radius 1 is 1.47 bits per heavy atom. The molecule has 0 aliphatic heterocycles. The molecule has 2 nitrogen and oxygen atoms in total. The summed E-state index contributed by atoms with van der Waals surface area (Å²) in [6.07, 6.45) is 2.24. The van der Waals surface area contributed by atoms with Gasteiger partial charge in [0.2, 0.25) is 0 Å². The van der Waals surface area contributed by atoms with Crippen LogP contribution in [-0.4, -0.2) is 11.7 Å². The number of aryl methyl sites for hydroxylation is 1. The quantitative estimate of drug-likeness (QED) is 0.795. The number of hydrogen-bond acceptors (Lipinski definition) is 2. The maximum Gasteiger partial charge on any atom is 0.115 e. The van der Waals surface area contributed by atoms with Crippen molar-refractivity contribution in [2.75, 3.05) is 6.54 Å². The molecule has 2 heteroatoms. The number of nitrogens with one attached hydrogen (secondary N) is 1. The van der Waals surface area contributed by atoms with E-state index in [9.17, 15) is 5.11 Å². The molecule has 1 unspecified atom stereocenters. The predicted octanol–water partition coefficient (Wildman–Crippen LogP) is 2.63. The molecule has 15 heavy (non-hydrogen) atoms. The van der Waals surface area contributed by atoms with Crippen LogP contribution < -0.4 is 5.32 Å². The topological polar surface area (TPSA) is 32.3 Å². The standard InChI is InChI=1S/C13H19NO/c1-9(2)8-14-13-6-3-10-7-11(15)4-5-12(10)13/h4-5,7,9,13-15H,3,6,8H2,1-2H3. The van der Waals surface area contributed by atoms with Crippen molar-refractivity contribution < 1.29 is 5.11 Å². The van der Waals surface area contributed by atoms with Crippen LogP contribution in [0.3, 0.4) is 0 Å². The molecule has 0 fully saturated rings. The Morgan fingerprint density at radius 3 is 3.00 bits per heavy atom. The average molecular weight is 205 g/mol. The lowest BCUT2D eigenvalue weighted by Gasteiger charge is -2.15. The van der Waals surface area contributed by atoms with Gasteiger partial charge in [-0.15, -0.1) is 0 Å². The SMILES string of the molecule is CC(C)CNC1CCc2cc(O)ccc21. The Labute approximate surface area is 91.3 Å². The Kier molecular flexibility index (Phi) is 2.96. The Balaban J connectivity index is 2.08. The number of phenols is 1. The van der Waals surface area contributed by atoms with E-state index in [0.29, 0.717) is 17.7 Å². The maximum absolute atomic E-state index is 9.38. The molecule has 1 aliphatic rings. The number of rotatable bonds is 3. The first-order valence-electron chi connectivity index (χ1n) is 5.72. The minimum absolute atomic E-state index is 0.387. The summed E-state index contributed by atoms with van der Waals surface area (Å²) in [5, 5.41) is 13.0. The van der Waals surface area contributed by atoms with E-state index in [2.05, 4.69) is 25.2 Å². The van der Waals surface area contributed by atoms with E-state index in [0.717, 1.165) is 19.4 Å². The lowest BCUT2D eigenvalue weighted by molar-refractivity contribution is 0.470. The number of hydrogen-bond donors (Lipinski definition) is 2. The lowest BCUT2D eigenvalue weighted by Crippen LogP contribution is -2.23. The molecule has 1 aliphatic carbocycles. The van der Waals surface area contributed by atoms with E-state index in [1.54, 1.807) is 6.07 Å². The molecule has 0 radical (unpaired) electrons. The lowest BCUT2D eigenvalue weighted by atomic mass is 10.1. The molecule has 1 aromatic rings. The molecular formula is C13H19NO. The second-order valence-electron chi connectivity index (χ2n) is 4.78. The third-order valence-electron chi connectivity index (χ3n) is 2.98. The summed E-state index contributed by atoms with van der Waals surface area (Å²) >= 11 is 0. The highest BCUT2D eigenvalue weighted by molar-refractivity contribution is 5.39. The monoisotopic (exact) mass is 205 g/mol. The number of aromatic hydroxyl groups is 1. The highest BCUT2D eigenvalue weighted by Gasteiger charge is 2.21. The third kappa shape index (κ3) is 2.32. The van der Waals surface area contributed by atoms with E-state index < -0.39 is 0 Å². The zero-order valence-corrected chi connectivity index (χ0v) is 9.46. The molecule has 1 atom stereocenters. The Bertz CT molecular complexity index is 346. The van der Waals surface area contributed by atoms with Gasteiger partial charge < -0.3 is 10.4 Å². The van der Waals surface area contributed by atoms with Crippen LogP contribution in [0.2, 0.25) is 0 Å². The van der Waals surface area contributed by atoms with Gasteiger partial charge in [0.15, 0.2) is 0 Å². The van der Waals surface area contributed by atoms with Gasteiger partial charge in [-0.3, -0.25) is 0 Å². The maximum atomic E-state index is 9.38. The fraction of sp³-hybridized carbons (Fsp3) is 0.538. The molecule has 0 saturated carbocycles. The fourth-order valence-electron chi connectivity index (χ4n) is 2.19. The molecule has 0 saturated heterocycles. The van der Waals surface area contributed by atoms with Crippen LogP contribution in [0.15, 0.2) is 18.2 Å². The van der Waals surface area contributed by atoms with Gasteiger partial charge in [0.1, 0.15) is 5.75 Å². The second kappa shape index (κ2) is 4.23. The van der Waals surface area contributed by atoms with Crippen LogP contribution in [0.1, 0.15) is 37.4 Å². The first-order valence-corrected chi connectivity index (χ1v) is 5.72. The van der Waals surface area contributed by atoms with Crippen LogP contribution in [0.25, 0.3) is 0 Å². The largest absolute Gasteiger partial charge is 0.508 e. The van der Waals surface area contributed by atoms with Gasteiger partial charge in [0, 0.05) is 6.04 Å². The van der Waals surface area contributed by atoms with Crippen LogP contribution in [0.5, 0.6) is 5.75 Å². The van der Waals surface area contributed by atoms with Gasteiger partial charge in [-0.25, -0.2) is 0 Å². The van der Waals surface area contributed by atoms with Crippen LogP contribution in [0.4, 0.5) is 0 Å². The van der Waals surface area contributed by atoms with Gasteiger partial charge in [-0.2, -0.15) is 0 Å². The van der Waals surface area contributed by atoms with Crippen molar-refractivity contribution >= 4 is 0 Å². The molecule has 0 spiro atoms. The third-order valence-corrected chi connectivity index (χ3v) is 2.98. The first kappa shape index (κ1) is 10.5. The summed E-state index contributed by atoms with van der Waals surface area (Å²) in [5.74, 6) is 1.07. The highest BCUT2D eigenvalue weighted by Crippen LogP contribution is 2.33. The van der Waals surface area contributed by atoms with E-state index in [1.165, 1.54) is 11.1 Å². The molecule has 2 rings (SSSR count). The smallest absolute Gasteiger partial charge is 0.115 e. The molecule has 0 aromatic heterocycles. The molecule has 0 heterocycles. The van der Waals surface area contributed by atoms with E-state index in [-0.39, 0.29) is 0 Å². The van der Waals surface area contributed by atoms with E-state index in [4.69, 9.17) is 0 Å². The van der Waals surface area contributed by atoms with E-state index >= 15 is 0 Å². The van der Waals surface area contributed by atoms with Crippen molar-refractivity contribution in [1.29, 1.82) is 0 Å². The first-order chi connectivity index (χ1) is 7.16. The zero-order chi connectivity index (χ0) is 10.8. The molecule has 0 amide bonds. The van der Waals surface area contributed by atoms with Gasteiger partial charge in [0.25, 0.3) is 0 Å². The minimum atomic E-state index is 0.387. The number of benzene rings is 1. The second-order valence-corrected chi connectivity index (χ2v) is 4.78. The Morgan fingerprint density at radius 2 is 2.27 bits per heavy atom. The van der Waals surface area contributed by atoms with Gasteiger partial charge >= 0.3 is 0 Å². The summed E-state index contributed by atoms with van der Waals surface area (Å²) in [4.78, 5) is 0. The van der Waals surface area contributed by atoms with Crippen molar-refractivity contribution in [3.63, 3.8) is 0 Å². The molecular weight excluding hydrogens is 186 g/mol. The summed E-state index contributed by atoms with van der Waals surface area (Å²) in [7, 11) is 0. The summed E-state index contributed by atoms with van der Waals surface area (Å²) in [6, 6.07) is 6.22. The van der Waals surface area contributed by atoms with Crippen LogP contribution in [-0.2, 0) is 6.42 Å². The summed E-state index contributed by atoms with van der Waals surface area (Å²) in [5.41, 5.74) is 2.67. The Hall–Kier alpha value is -1.02. The minimum Gasteiger partial charge on any atom is -0.508 e. The van der Waals surface area contributed by atoms with Gasteiger partial charge in [-0.05, 0) is 48.6 Å². The highest BCUT2D eigenvalue weighted by atomic mass is 16.3. The molecule has 1 aromatic carbocycles. The van der Waals surface area contributed by atoms with Gasteiger partial charge in [0.05, 0.1) is 0 Å². The van der Waals surface area contributed by atoms with Crippen molar-refractivity contribution in [3.05, 3.63) is 29.3 Å². The number of phenolic OH excluding ortho intramolecular Hbond substituents is 1. The predicted molar refractivity (Wildman–Crippen MR) is 62.0 cm³/mol. The molecule has 0 bridgehead atoms. The number of fused-ring (bicyclic) bond motifs is 1. The van der Waals surface area contributed by atoms with Crippen LogP contribution >= 0.6 is 0 Å².